The molecule has 0 aromatic carbocycles. The second-order valence-electron chi connectivity index (χ2n) is 5.68. The molecule has 1 N–H and O–H groups in total. The van der Waals surface area contributed by atoms with E-state index < -0.39 is 17.8 Å². The lowest BCUT2D eigenvalue weighted by Crippen LogP contribution is -2.32. The molecule has 0 radical (unpaired) electrons. The maximum atomic E-state index is 14.3. The summed E-state index contributed by atoms with van der Waals surface area (Å²) in [7, 11) is 1.44. The average molecular weight is 438 g/mol. The zero-order chi connectivity index (χ0) is 20.8. The van der Waals surface area contributed by atoms with Crippen LogP contribution in [0.15, 0.2) is 30.9 Å². The van der Waals surface area contributed by atoms with Crippen LogP contribution in [0.4, 0.5) is 4.39 Å². The van der Waals surface area contributed by atoms with Gasteiger partial charge >= 0.3 is 0 Å². The highest BCUT2D eigenvalue weighted by atomic mass is 35.5. The van der Waals surface area contributed by atoms with Crippen LogP contribution in [0.1, 0.15) is 28.5 Å². The molecule has 0 saturated carbocycles. The van der Waals surface area contributed by atoms with Crippen LogP contribution < -0.4 is 10.1 Å². The first-order valence-electron chi connectivity index (χ1n) is 8.54. The van der Waals surface area contributed by atoms with Crippen molar-refractivity contribution >= 4 is 28.8 Å². The van der Waals surface area contributed by atoms with E-state index in [1.807, 2.05) is 6.92 Å². The van der Waals surface area contributed by atoms with Crippen molar-refractivity contribution in [2.45, 2.75) is 13.0 Å². The minimum absolute atomic E-state index is 0.0100. The highest BCUT2D eigenvalue weighted by molar-refractivity contribution is 7.16. The molecule has 0 bridgehead atoms. The number of methoxy groups -OCH3 is 1. The summed E-state index contributed by atoms with van der Waals surface area (Å²) in [6.45, 7) is 2.32. The van der Waals surface area contributed by atoms with Crippen molar-refractivity contribution in [1.29, 1.82) is 0 Å². The number of carbonyl (C=O) groups is 1. The molecule has 0 saturated heterocycles. The Hall–Kier alpha value is -2.69. The summed E-state index contributed by atoms with van der Waals surface area (Å²) < 4.78 is 24.7. The molecule has 152 valence electrons. The van der Waals surface area contributed by atoms with E-state index in [-0.39, 0.29) is 22.3 Å². The molecule has 3 aromatic rings. The predicted octanol–water partition coefficient (Wildman–Crippen LogP) is 3.30. The Labute approximate surface area is 175 Å². The van der Waals surface area contributed by atoms with Gasteiger partial charge < -0.3 is 14.8 Å². The third-order valence-corrected chi connectivity index (χ3v) is 5.01. The number of nitrogens with one attached hydrogen (secondary N) is 1. The number of nitrogens with zero attached hydrogens (tertiary/aromatic N) is 4. The number of ether oxygens (including phenoxy) is 2. The summed E-state index contributed by atoms with van der Waals surface area (Å²) in [5.41, 5.74) is 0.517. The third-order valence-electron chi connectivity index (χ3n) is 3.69. The van der Waals surface area contributed by atoms with Crippen LogP contribution in [0.3, 0.4) is 0 Å². The van der Waals surface area contributed by atoms with Crippen LogP contribution in [0.2, 0.25) is 5.02 Å². The molecule has 0 aliphatic heterocycles. The summed E-state index contributed by atoms with van der Waals surface area (Å²) in [6.07, 6.45) is 5.93. The van der Waals surface area contributed by atoms with E-state index in [0.29, 0.717) is 23.1 Å². The molecule has 0 fully saturated rings. The highest BCUT2D eigenvalue weighted by Gasteiger charge is 2.23. The predicted molar refractivity (Wildman–Crippen MR) is 106 cm³/mol. The lowest BCUT2D eigenvalue weighted by molar-refractivity contribution is 0.0892. The normalized spacial score (nSPS) is 11.9. The van der Waals surface area contributed by atoms with Crippen molar-refractivity contribution in [2.24, 2.45) is 0 Å². The molecule has 0 spiro atoms. The molecule has 29 heavy (non-hydrogen) atoms. The molecule has 3 aromatic heterocycles. The number of amides is 1. The second kappa shape index (κ2) is 9.68. The average Bonchev–Trinajstić information content (AvgIpc) is 3.21. The van der Waals surface area contributed by atoms with E-state index >= 15 is 0 Å². The lowest BCUT2D eigenvalue weighted by atomic mass is 10.2. The van der Waals surface area contributed by atoms with Gasteiger partial charge in [0, 0.05) is 19.5 Å². The molecule has 0 aliphatic carbocycles. The molecule has 11 heteroatoms. The Kier molecular flexibility index (Phi) is 7.02. The van der Waals surface area contributed by atoms with Crippen molar-refractivity contribution in [1.82, 2.24) is 25.3 Å². The number of hydrogen-bond acceptors (Lipinski definition) is 8. The number of halogens is 2. The van der Waals surface area contributed by atoms with E-state index in [4.69, 9.17) is 21.1 Å². The Morgan fingerprint density at radius 3 is 2.93 bits per heavy atom. The Morgan fingerprint density at radius 2 is 2.17 bits per heavy atom. The van der Waals surface area contributed by atoms with Crippen LogP contribution in [0.5, 0.6) is 5.88 Å². The third kappa shape index (κ3) is 5.03. The number of hydrogen-bond donors (Lipinski definition) is 1. The Balaban J connectivity index is 1.79. The van der Waals surface area contributed by atoms with Crippen molar-refractivity contribution in [3.63, 3.8) is 0 Å². The number of carbonyl (C=O) groups excluding carboxylic acids is 1. The van der Waals surface area contributed by atoms with Crippen LogP contribution in [0.25, 0.3) is 10.6 Å². The summed E-state index contributed by atoms with van der Waals surface area (Å²) in [4.78, 5) is 29.8. The van der Waals surface area contributed by atoms with Gasteiger partial charge in [0.1, 0.15) is 11.4 Å². The van der Waals surface area contributed by atoms with E-state index in [1.165, 1.54) is 31.8 Å². The SMILES string of the molecule is CCOc1cncc(-c2cnc(C(=O)NC(COC)c3nccc(Cl)c3F)s2)n1. The Morgan fingerprint density at radius 1 is 1.34 bits per heavy atom. The van der Waals surface area contributed by atoms with Gasteiger partial charge in [0.15, 0.2) is 10.8 Å². The van der Waals surface area contributed by atoms with Gasteiger partial charge in [-0.1, -0.05) is 11.6 Å². The molecule has 1 unspecified atom stereocenters. The minimum Gasteiger partial charge on any atom is -0.477 e. The van der Waals surface area contributed by atoms with E-state index in [9.17, 15) is 9.18 Å². The van der Waals surface area contributed by atoms with Gasteiger partial charge in [-0.25, -0.2) is 14.4 Å². The van der Waals surface area contributed by atoms with Gasteiger partial charge in [-0.15, -0.1) is 11.3 Å². The smallest absolute Gasteiger partial charge is 0.280 e. The lowest BCUT2D eigenvalue weighted by Gasteiger charge is -2.17. The number of rotatable bonds is 8. The molecule has 1 amide bonds. The van der Waals surface area contributed by atoms with Crippen molar-refractivity contribution in [3.05, 3.63) is 52.4 Å². The largest absolute Gasteiger partial charge is 0.477 e. The van der Waals surface area contributed by atoms with E-state index in [2.05, 4.69) is 25.3 Å². The Bertz CT molecular complexity index is 1000. The fourth-order valence-corrected chi connectivity index (χ4v) is 3.36. The molecular formula is C18H17ClFN5O3S. The topological polar surface area (TPSA) is 99.1 Å². The van der Waals surface area contributed by atoms with Crippen LogP contribution in [-0.4, -0.2) is 46.2 Å². The van der Waals surface area contributed by atoms with Crippen molar-refractivity contribution in [3.8, 4) is 16.5 Å². The first-order valence-corrected chi connectivity index (χ1v) is 9.73. The second-order valence-corrected chi connectivity index (χ2v) is 7.12. The van der Waals surface area contributed by atoms with E-state index in [0.717, 1.165) is 11.3 Å². The quantitative estimate of drug-likeness (QED) is 0.577. The summed E-state index contributed by atoms with van der Waals surface area (Å²) in [5, 5.41) is 2.76. The molecule has 1 atom stereocenters. The molecule has 8 nitrogen and oxygen atoms in total. The highest BCUT2D eigenvalue weighted by Crippen LogP contribution is 2.26. The fraction of sp³-hybridized carbons (Fsp3) is 0.278. The summed E-state index contributed by atoms with van der Waals surface area (Å²) >= 11 is 6.94. The minimum atomic E-state index is -0.834. The number of aromatic nitrogens is 4. The number of pyridine rings is 1. The van der Waals surface area contributed by atoms with Gasteiger partial charge in [0.05, 0.1) is 41.5 Å². The zero-order valence-corrected chi connectivity index (χ0v) is 17.1. The monoisotopic (exact) mass is 437 g/mol. The standard InChI is InChI=1S/C18H17ClFN5O3S/c1-3-28-14-8-21-6-11(24-14)13-7-23-18(29-13)17(26)25-12(9-27-2)16-15(20)10(19)4-5-22-16/h4-8,12H,3,9H2,1-2H3,(H,25,26). The first-order chi connectivity index (χ1) is 14.0. The fourth-order valence-electron chi connectivity index (χ4n) is 2.44. The molecule has 3 heterocycles. The number of thiazole rings is 1. The van der Waals surface area contributed by atoms with Gasteiger partial charge in [-0.3, -0.25) is 14.8 Å². The van der Waals surface area contributed by atoms with Crippen LogP contribution in [-0.2, 0) is 4.74 Å². The van der Waals surface area contributed by atoms with Crippen molar-refractivity contribution < 1.29 is 18.7 Å². The van der Waals surface area contributed by atoms with Gasteiger partial charge in [-0.05, 0) is 13.0 Å². The molecular weight excluding hydrogens is 421 g/mol. The maximum Gasteiger partial charge on any atom is 0.280 e. The van der Waals surface area contributed by atoms with Gasteiger partial charge in [0.2, 0.25) is 5.88 Å². The maximum absolute atomic E-state index is 14.3. The van der Waals surface area contributed by atoms with Gasteiger partial charge in [0.25, 0.3) is 5.91 Å². The summed E-state index contributed by atoms with van der Waals surface area (Å²) in [5.74, 6) is -0.829. The van der Waals surface area contributed by atoms with E-state index in [1.54, 1.807) is 6.20 Å². The van der Waals surface area contributed by atoms with Gasteiger partial charge in [-0.2, -0.15) is 0 Å². The summed E-state index contributed by atoms with van der Waals surface area (Å²) in [6, 6.07) is 0.496. The van der Waals surface area contributed by atoms with Crippen LogP contribution in [0, 0.1) is 5.82 Å². The van der Waals surface area contributed by atoms with Crippen molar-refractivity contribution in [2.75, 3.05) is 20.3 Å². The van der Waals surface area contributed by atoms with Crippen LogP contribution >= 0.6 is 22.9 Å². The zero-order valence-electron chi connectivity index (χ0n) is 15.6. The molecule has 3 rings (SSSR count). The first kappa shape index (κ1) is 21.0. The molecule has 0 aliphatic rings.